The molecule has 1 atom stereocenters. The molecule has 1 unspecified atom stereocenters. The highest BCUT2D eigenvalue weighted by molar-refractivity contribution is 14.0. The zero-order chi connectivity index (χ0) is 19.6. The lowest BCUT2D eigenvalue weighted by atomic mass is 9.92. The largest absolute Gasteiger partial charge is 0.356 e. The van der Waals surface area contributed by atoms with E-state index < -0.39 is 0 Å². The molecule has 0 aliphatic rings. The predicted octanol–water partition coefficient (Wildman–Crippen LogP) is 4.70. The van der Waals surface area contributed by atoms with E-state index in [1.807, 2.05) is 12.3 Å². The van der Waals surface area contributed by atoms with Gasteiger partial charge in [-0.2, -0.15) is 0 Å². The minimum atomic E-state index is 0. The molecule has 3 rings (SSSR count). The Morgan fingerprint density at radius 2 is 1.62 bits per heavy atom. The second-order valence-corrected chi connectivity index (χ2v) is 6.87. The SMILES string of the molecule is CN=C(NCc1ncccc1C)NCC(Cc1ccccc1)c1ccccc1.I. The Morgan fingerprint density at radius 1 is 0.931 bits per heavy atom. The number of rotatable bonds is 7. The van der Waals surface area contributed by atoms with Gasteiger partial charge in [-0.05, 0) is 36.1 Å². The highest BCUT2D eigenvalue weighted by atomic mass is 127. The van der Waals surface area contributed by atoms with Crippen molar-refractivity contribution in [1.29, 1.82) is 0 Å². The quantitative estimate of drug-likeness (QED) is 0.281. The van der Waals surface area contributed by atoms with Crippen LogP contribution in [0.2, 0.25) is 0 Å². The maximum absolute atomic E-state index is 4.44. The molecule has 1 aromatic heterocycles. The number of guanidine groups is 1. The highest BCUT2D eigenvalue weighted by Crippen LogP contribution is 2.20. The molecular formula is C24H29IN4. The summed E-state index contributed by atoms with van der Waals surface area (Å²) in [6, 6.07) is 25.3. The summed E-state index contributed by atoms with van der Waals surface area (Å²) in [6.07, 6.45) is 2.81. The lowest BCUT2D eigenvalue weighted by Gasteiger charge is -2.20. The number of hydrogen-bond donors (Lipinski definition) is 2. The average molecular weight is 500 g/mol. The molecule has 5 heteroatoms. The van der Waals surface area contributed by atoms with E-state index in [1.54, 1.807) is 7.05 Å². The molecule has 0 fully saturated rings. The first-order valence-corrected chi connectivity index (χ1v) is 9.70. The molecule has 0 aliphatic heterocycles. The zero-order valence-electron chi connectivity index (χ0n) is 17.0. The van der Waals surface area contributed by atoms with E-state index >= 15 is 0 Å². The second kappa shape index (κ2) is 12.2. The number of nitrogens with zero attached hydrogens (tertiary/aromatic N) is 2. The fraction of sp³-hybridized carbons (Fsp3) is 0.250. The minimum Gasteiger partial charge on any atom is -0.356 e. The molecule has 29 heavy (non-hydrogen) atoms. The van der Waals surface area contributed by atoms with Crippen molar-refractivity contribution in [1.82, 2.24) is 15.6 Å². The van der Waals surface area contributed by atoms with Crippen molar-refractivity contribution in [3.8, 4) is 0 Å². The Morgan fingerprint density at radius 3 is 2.28 bits per heavy atom. The van der Waals surface area contributed by atoms with E-state index in [2.05, 4.69) is 94.3 Å². The van der Waals surface area contributed by atoms with Gasteiger partial charge in [0.15, 0.2) is 5.96 Å². The van der Waals surface area contributed by atoms with Crippen molar-refractivity contribution >= 4 is 29.9 Å². The van der Waals surface area contributed by atoms with E-state index in [9.17, 15) is 0 Å². The average Bonchev–Trinajstić information content (AvgIpc) is 2.75. The smallest absolute Gasteiger partial charge is 0.191 e. The number of halogens is 1. The number of aryl methyl sites for hydroxylation is 1. The summed E-state index contributed by atoms with van der Waals surface area (Å²) < 4.78 is 0. The Bertz CT molecular complexity index is 882. The van der Waals surface area contributed by atoms with Crippen LogP contribution in [0.25, 0.3) is 0 Å². The van der Waals surface area contributed by atoms with Crippen molar-refractivity contribution in [2.75, 3.05) is 13.6 Å². The first kappa shape index (κ1) is 22.9. The van der Waals surface area contributed by atoms with Crippen molar-refractivity contribution in [3.63, 3.8) is 0 Å². The van der Waals surface area contributed by atoms with Crippen LogP contribution in [0.3, 0.4) is 0 Å². The maximum atomic E-state index is 4.44. The van der Waals surface area contributed by atoms with Crippen LogP contribution in [0.4, 0.5) is 0 Å². The summed E-state index contributed by atoms with van der Waals surface area (Å²) in [5, 5.41) is 6.86. The second-order valence-electron chi connectivity index (χ2n) is 6.87. The molecule has 0 saturated carbocycles. The van der Waals surface area contributed by atoms with Crippen LogP contribution >= 0.6 is 24.0 Å². The van der Waals surface area contributed by atoms with Crippen molar-refractivity contribution in [2.45, 2.75) is 25.8 Å². The molecule has 152 valence electrons. The maximum Gasteiger partial charge on any atom is 0.191 e. The van der Waals surface area contributed by atoms with E-state index in [4.69, 9.17) is 0 Å². The van der Waals surface area contributed by atoms with E-state index in [-0.39, 0.29) is 24.0 Å². The summed E-state index contributed by atoms with van der Waals surface area (Å²) in [5.74, 6) is 1.15. The summed E-state index contributed by atoms with van der Waals surface area (Å²) in [5.41, 5.74) is 4.88. The van der Waals surface area contributed by atoms with Crippen molar-refractivity contribution < 1.29 is 0 Å². The predicted molar refractivity (Wildman–Crippen MR) is 132 cm³/mol. The van der Waals surface area contributed by atoms with Gasteiger partial charge in [-0.25, -0.2) is 0 Å². The molecule has 0 amide bonds. The van der Waals surface area contributed by atoms with E-state index in [0.717, 1.165) is 24.6 Å². The lowest BCUT2D eigenvalue weighted by Crippen LogP contribution is -2.39. The molecule has 0 aliphatic carbocycles. The number of pyridine rings is 1. The molecule has 3 aromatic rings. The highest BCUT2D eigenvalue weighted by Gasteiger charge is 2.13. The van der Waals surface area contributed by atoms with Crippen molar-refractivity contribution in [3.05, 3.63) is 101 Å². The molecule has 0 radical (unpaired) electrons. The fourth-order valence-corrected chi connectivity index (χ4v) is 3.24. The Kier molecular flexibility index (Phi) is 9.64. The van der Waals surface area contributed by atoms with Gasteiger partial charge < -0.3 is 10.6 Å². The summed E-state index contributed by atoms with van der Waals surface area (Å²) in [4.78, 5) is 8.81. The number of benzene rings is 2. The van der Waals surface area contributed by atoms with Gasteiger partial charge >= 0.3 is 0 Å². The number of aliphatic imine (C=N–C) groups is 1. The molecule has 1 heterocycles. The van der Waals surface area contributed by atoms with Gasteiger partial charge in [-0.1, -0.05) is 66.7 Å². The van der Waals surface area contributed by atoms with E-state index in [1.165, 1.54) is 16.7 Å². The standard InChI is InChI=1S/C24H28N4.HI/c1-19-10-9-15-26-23(19)18-28-24(25-2)27-17-22(21-13-7-4-8-14-21)16-20-11-5-3-6-12-20;/h3-15,22H,16-18H2,1-2H3,(H2,25,27,28);1H. The van der Waals surface area contributed by atoms with Gasteiger partial charge in [-0.15, -0.1) is 24.0 Å². The summed E-state index contributed by atoms with van der Waals surface area (Å²) in [6.45, 7) is 3.53. The molecule has 2 aromatic carbocycles. The lowest BCUT2D eigenvalue weighted by molar-refractivity contribution is 0.643. The van der Waals surface area contributed by atoms with Gasteiger partial charge in [-0.3, -0.25) is 9.98 Å². The first-order chi connectivity index (χ1) is 13.8. The van der Waals surface area contributed by atoms with Crippen LogP contribution in [0, 0.1) is 6.92 Å². The number of hydrogen-bond acceptors (Lipinski definition) is 2. The van der Waals surface area contributed by atoms with E-state index in [0.29, 0.717) is 12.5 Å². The number of aromatic nitrogens is 1. The van der Waals surface area contributed by atoms with Gasteiger partial charge in [0, 0.05) is 25.7 Å². The molecule has 0 bridgehead atoms. The molecule has 0 saturated heterocycles. The molecule has 4 nitrogen and oxygen atoms in total. The third-order valence-electron chi connectivity index (χ3n) is 4.88. The van der Waals surface area contributed by atoms with Crippen LogP contribution < -0.4 is 10.6 Å². The van der Waals surface area contributed by atoms with Crippen LogP contribution in [0.5, 0.6) is 0 Å². The number of nitrogens with one attached hydrogen (secondary N) is 2. The third kappa shape index (κ3) is 7.16. The van der Waals surface area contributed by atoms with Gasteiger partial charge in [0.25, 0.3) is 0 Å². The van der Waals surface area contributed by atoms with Crippen LogP contribution in [0.15, 0.2) is 84.0 Å². The third-order valence-corrected chi connectivity index (χ3v) is 4.88. The normalized spacial score (nSPS) is 12.0. The van der Waals surface area contributed by atoms with Gasteiger partial charge in [0.2, 0.25) is 0 Å². The van der Waals surface area contributed by atoms with Gasteiger partial charge in [0.1, 0.15) is 0 Å². The first-order valence-electron chi connectivity index (χ1n) is 9.70. The molecule has 0 spiro atoms. The van der Waals surface area contributed by atoms with Crippen LogP contribution in [-0.2, 0) is 13.0 Å². The van der Waals surface area contributed by atoms with Crippen LogP contribution in [-0.4, -0.2) is 24.5 Å². The molecular weight excluding hydrogens is 471 g/mol. The topological polar surface area (TPSA) is 49.3 Å². The van der Waals surface area contributed by atoms with Crippen molar-refractivity contribution in [2.24, 2.45) is 4.99 Å². The molecule has 2 N–H and O–H groups in total. The Labute approximate surface area is 190 Å². The Balaban J connectivity index is 0.00000300. The van der Waals surface area contributed by atoms with Gasteiger partial charge in [0.05, 0.1) is 12.2 Å². The summed E-state index contributed by atoms with van der Waals surface area (Å²) >= 11 is 0. The van der Waals surface area contributed by atoms with Crippen LogP contribution in [0.1, 0.15) is 28.3 Å². The monoisotopic (exact) mass is 500 g/mol. The summed E-state index contributed by atoms with van der Waals surface area (Å²) in [7, 11) is 1.80. The Hall–Kier alpha value is -2.41. The fourth-order valence-electron chi connectivity index (χ4n) is 3.24. The zero-order valence-corrected chi connectivity index (χ0v) is 19.3. The minimum absolute atomic E-state index is 0.